The van der Waals surface area contributed by atoms with Crippen LogP contribution in [0.4, 0.5) is 22.7 Å². The van der Waals surface area contributed by atoms with E-state index in [1.807, 2.05) is 170 Å². The van der Waals surface area contributed by atoms with E-state index in [9.17, 15) is 9.59 Å². The number of ketones is 2. The van der Waals surface area contributed by atoms with Crippen LogP contribution in [0.25, 0.3) is 118 Å². The summed E-state index contributed by atoms with van der Waals surface area (Å²) in [5.41, 5.74) is 42.3. The summed E-state index contributed by atoms with van der Waals surface area (Å²) >= 11 is 36.5. The number of Topliss-reactive ketones (excluding diaryl/α,β-unsaturated/α-hetero) is 2. The first-order valence-electron chi connectivity index (χ1n) is 40.2. The van der Waals surface area contributed by atoms with Crippen LogP contribution >= 0.6 is 183 Å². The minimum absolute atomic E-state index is 0. The van der Waals surface area contributed by atoms with E-state index >= 15 is 0 Å². The van der Waals surface area contributed by atoms with Crippen molar-refractivity contribution in [3.05, 3.63) is 366 Å². The van der Waals surface area contributed by atoms with Gasteiger partial charge in [-0.2, -0.15) is 17.5 Å². The summed E-state index contributed by atoms with van der Waals surface area (Å²) in [4.78, 5) is 73.1. The molecule has 12 heterocycles. The van der Waals surface area contributed by atoms with Gasteiger partial charge in [-0.3, -0.25) is 44.1 Å². The van der Waals surface area contributed by atoms with Crippen molar-refractivity contribution in [2.75, 3.05) is 22.9 Å². The monoisotopic (exact) mass is 2480 g/mol. The number of aromatic nitrogens is 16. The number of carbonyl (C=O) groups excluding carboxylic acids is 2. The summed E-state index contributed by atoms with van der Waals surface area (Å²) in [5.74, 6) is -0.360. The van der Waals surface area contributed by atoms with Crippen LogP contribution in [-0.4, -0.2) is 115 Å². The molecule has 0 spiro atoms. The molecule has 136 heavy (non-hydrogen) atoms. The second kappa shape index (κ2) is 49.1. The molecule has 1 fully saturated rings. The number of rotatable bonds is 10. The maximum absolute atomic E-state index is 11.7. The number of anilines is 4. The van der Waals surface area contributed by atoms with E-state index in [0.717, 1.165) is 145 Å². The molecule has 1 aliphatic heterocycles. The topological polar surface area (TPSA) is 355 Å². The van der Waals surface area contributed by atoms with E-state index in [2.05, 4.69) is 306 Å². The predicted molar refractivity (Wildman–Crippen MR) is 581 cm³/mol. The Kier molecular flexibility index (Phi) is 37.9. The van der Waals surface area contributed by atoms with Crippen molar-refractivity contribution in [2.24, 2.45) is 0 Å². The molecule has 20 aromatic rings. The number of nitrogens with two attached hydrogens (primary N) is 4. The SMILES string of the molecule is Brc1ccc(Br)c2nc(-c3ccccn3)c(-c3ccccn3)nc12.Brc1ccc(Br)c2nc(-c3ccccn3)c(-c3ccccn3)nc12.Brc1ccc(Br)c2nsnc12.CC1(C)OB(c2ccc(-c3nc4ccccc4n3-c3ccccc3)cc2)OC1(C)C.Nc1c(Br)ccc(Br)c1N.Nc1c(Br)ccc(Br)c1N.O=C(C(=O)c1ccccn1)c1ccccn1.[B].[H-].[Na+].c1ccc2nsnc2c1. The van der Waals surface area contributed by atoms with E-state index in [1.54, 1.807) is 49.1 Å². The van der Waals surface area contributed by atoms with Crippen molar-refractivity contribution in [3.8, 4) is 62.6 Å². The van der Waals surface area contributed by atoms with Gasteiger partial charge in [-0.1, -0.05) is 103 Å². The van der Waals surface area contributed by atoms with Crippen molar-refractivity contribution >= 4 is 293 Å². The summed E-state index contributed by atoms with van der Waals surface area (Å²) < 4.78 is 39.8. The minimum Gasteiger partial charge on any atom is -1.00 e. The quantitative estimate of drug-likeness (QED) is 0.0427. The Morgan fingerprint density at radius 1 is 0.324 bits per heavy atom. The van der Waals surface area contributed by atoms with Gasteiger partial charge in [0, 0.05) is 102 Å². The molecule has 0 unspecified atom stereocenters. The molecule has 39 heteroatoms. The van der Waals surface area contributed by atoms with Gasteiger partial charge in [-0.05, 0) is 362 Å². The second-order valence-corrected chi connectivity index (χ2v) is 39.1. The van der Waals surface area contributed by atoms with Gasteiger partial charge in [-0.15, -0.1) is 0 Å². The van der Waals surface area contributed by atoms with Crippen molar-refractivity contribution in [2.45, 2.75) is 38.9 Å². The Hall–Kier alpha value is -9.94. The van der Waals surface area contributed by atoms with Gasteiger partial charge in [0.25, 0.3) is 11.6 Å². The summed E-state index contributed by atoms with van der Waals surface area (Å²) in [7, 11) is -0.364. The standard InChI is InChI=1S/C25H25BN2O2.2C18H10Br2N4.C12H8N2O2.C6H2Br2N2S.2C6H6Br2N2.C6H4N2S.B.Na.H/c1-24(2)25(3,4)30-26(29-24)19-16-14-18(15-17-19)23-27-21-12-8-9-13-22(21)28(23)20-10-6-5-7-11-20;2*19-11-7-8-12(20)16-15(11)23-17(13-5-1-3-9-21-13)18(24-16)14-6-2-4-10-22-14;15-11(9-5-1-3-7-13-9)12(16)10-6-2-4-8-14-10;7-3-1-2-4(8)6-5(3)9-11-10-6;2*7-3-1-2-4(8)6(10)5(3)9;1-2-4-6-5(3-1)7-9-8-6;;;/h5-17H,1-4H3;2*1-10H;1-8H;1-2H;2*1-2H,9-10H2;1-4H;;;/q;;;;;;;;;+1;-1. The smallest absolute Gasteiger partial charge is 1.00 e. The van der Waals surface area contributed by atoms with Crippen LogP contribution in [0.1, 0.15) is 50.1 Å². The number of nitrogens with zero attached hydrogens (tertiary/aromatic N) is 16. The van der Waals surface area contributed by atoms with Gasteiger partial charge in [0.1, 0.15) is 84.1 Å². The number of imidazole rings is 1. The predicted octanol–water partition coefficient (Wildman–Crippen LogP) is 23.5. The molecule has 1 aliphatic rings. The third kappa shape index (κ3) is 25.8. The fraction of sp³-hybridized carbons (Fsp3) is 0.0619. The van der Waals surface area contributed by atoms with Gasteiger partial charge >= 0.3 is 36.7 Å². The third-order valence-electron chi connectivity index (χ3n) is 20.2. The number of halogens is 10. The van der Waals surface area contributed by atoms with Crippen molar-refractivity contribution in [1.29, 1.82) is 0 Å². The van der Waals surface area contributed by atoms with Crippen molar-refractivity contribution < 1.29 is 49.9 Å². The number of pyridine rings is 6. The molecule has 1 saturated heterocycles. The molecule has 11 aromatic heterocycles. The van der Waals surface area contributed by atoms with E-state index in [-0.39, 0.29) is 69.1 Å². The second-order valence-electron chi connectivity index (χ2n) is 29.5. The Balaban J connectivity index is 0.000000155. The van der Waals surface area contributed by atoms with E-state index < -0.39 is 11.6 Å². The molecule has 673 valence electrons. The molecule has 0 saturated carbocycles. The molecule has 24 nitrogen and oxygen atoms in total. The molecule has 0 aliphatic carbocycles. The van der Waals surface area contributed by atoms with Crippen LogP contribution in [0.15, 0.2) is 355 Å². The maximum Gasteiger partial charge on any atom is 1.00 e. The summed E-state index contributed by atoms with van der Waals surface area (Å²) in [6.07, 6.45) is 9.94. The number of fused-ring (bicyclic) bond motifs is 5. The molecule has 9 aromatic carbocycles. The van der Waals surface area contributed by atoms with E-state index in [1.165, 1.54) is 48.0 Å². The molecule has 0 atom stereocenters. The first-order chi connectivity index (χ1) is 64.6. The van der Waals surface area contributed by atoms with E-state index in [4.69, 9.17) is 57.2 Å². The summed E-state index contributed by atoms with van der Waals surface area (Å²) in [6, 6.07) is 86.5. The van der Waals surface area contributed by atoms with Gasteiger partial charge in [0.15, 0.2) is 0 Å². The van der Waals surface area contributed by atoms with Gasteiger partial charge in [0.2, 0.25) is 0 Å². The number of hydrogen-bond donors (Lipinski definition) is 4. The zero-order valence-corrected chi connectivity index (χ0v) is 91.8. The molecule has 0 bridgehead atoms. The van der Waals surface area contributed by atoms with Crippen LogP contribution in [-0.2, 0) is 9.31 Å². The molecule has 0 amide bonds. The van der Waals surface area contributed by atoms with Crippen LogP contribution in [0.3, 0.4) is 0 Å². The minimum atomic E-state index is -0.640. The Morgan fingerprint density at radius 3 is 0.934 bits per heavy atom. The fourth-order valence-corrected chi connectivity index (χ4v) is 17.8. The number of benzene rings is 9. The largest absolute Gasteiger partial charge is 1.00 e. The van der Waals surface area contributed by atoms with Crippen LogP contribution < -0.4 is 58.0 Å². The molecule has 3 radical (unpaired) electrons. The molecule has 8 N–H and O–H groups in total. The molecular weight excluding hydrogens is 2420 g/mol. The number of nitrogen functional groups attached to an aromatic ring is 4. The Labute approximate surface area is 900 Å². The zero-order chi connectivity index (χ0) is 94.7. The average Bonchev–Trinajstić information content (AvgIpc) is 1.51. The van der Waals surface area contributed by atoms with Crippen LogP contribution in [0, 0.1) is 0 Å². The molecule has 21 rings (SSSR count). The first kappa shape index (κ1) is 105. The summed E-state index contributed by atoms with van der Waals surface area (Å²) in [5, 5.41) is 0. The van der Waals surface area contributed by atoms with E-state index in [0.29, 0.717) is 45.5 Å². The summed E-state index contributed by atoms with van der Waals surface area (Å²) in [6.45, 7) is 8.29. The molecular formula is C97H72B2Br10N20NaO4S2. The number of carbonyl (C=O) groups is 2. The van der Waals surface area contributed by atoms with Gasteiger partial charge < -0.3 is 33.7 Å². The van der Waals surface area contributed by atoms with Crippen LogP contribution in [0.2, 0.25) is 0 Å². The van der Waals surface area contributed by atoms with Crippen molar-refractivity contribution in [3.63, 3.8) is 0 Å². The average molecular weight is 2490 g/mol. The Bertz CT molecular complexity index is 6970. The zero-order valence-electron chi connectivity index (χ0n) is 73.3. The number of hydrogen-bond acceptors (Lipinski definition) is 25. The third-order valence-corrected chi connectivity index (χ3v) is 27.9. The van der Waals surface area contributed by atoms with Gasteiger partial charge in [0.05, 0.1) is 91.2 Å². The number of para-hydroxylation sites is 3. The Morgan fingerprint density at radius 2 is 0.610 bits per heavy atom. The normalized spacial score (nSPS) is 11.9. The fourth-order valence-electron chi connectivity index (χ4n) is 12.6. The van der Waals surface area contributed by atoms with Gasteiger partial charge in [-0.25, -0.2) is 24.9 Å². The maximum atomic E-state index is 11.7. The van der Waals surface area contributed by atoms with Crippen molar-refractivity contribution in [1.82, 2.24) is 76.9 Å². The first-order valence-corrected chi connectivity index (χ1v) is 49.6. The van der Waals surface area contributed by atoms with Crippen LogP contribution in [0.5, 0.6) is 0 Å².